The van der Waals surface area contributed by atoms with Crippen molar-refractivity contribution in [2.24, 2.45) is 0 Å². The first kappa shape index (κ1) is 12.9. The minimum absolute atomic E-state index is 0.107. The summed E-state index contributed by atoms with van der Waals surface area (Å²) in [4.78, 5) is 13.7. The summed E-state index contributed by atoms with van der Waals surface area (Å²) in [5.74, 6) is 0.107. The third kappa shape index (κ3) is 3.23. The number of hydrogen-bond donors (Lipinski definition) is 2. The molecule has 1 unspecified atom stereocenters. The number of carbonyl (C=O) groups excluding carboxylic acids is 1. The van der Waals surface area contributed by atoms with Gasteiger partial charge in [-0.3, -0.25) is 4.79 Å². The molecule has 0 spiro atoms. The normalized spacial score (nSPS) is 23.3. The Labute approximate surface area is 107 Å². The van der Waals surface area contributed by atoms with Gasteiger partial charge in [0.15, 0.2) is 0 Å². The molecule has 1 fully saturated rings. The third-order valence-electron chi connectivity index (χ3n) is 3.38. The standard InChI is InChI=1S/C14H20N2O2/c1-14(18)7-8-16(10-14)13(17)6-5-11-3-2-4-12(15)9-11/h2-4,9,18H,5-8,10,15H2,1H3. The molecule has 1 aliphatic heterocycles. The van der Waals surface area contributed by atoms with Crippen molar-refractivity contribution in [2.75, 3.05) is 18.8 Å². The summed E-state index contributed by atoms with van der Waals surface area (Å²) in [6.07, 6.45) is 1.83. The fourth-order valence-corrected chi connectivity index (χ4v) is 2.32. The summed E-state index contributed by atoms with van der Waals surface area (Å²) in [6.45, 7) is 2.88. The Morgan fingerprint density at radius 2 is 2.33 bits per heavy atom. The van der Waals surface area contributed by atoms with Gasteiger partial charge < -0.3 is 15.7 Å². The molecule has 1 aliphatic rings. The van der Waals surface area contributed by atoms with Gasteiger partial charge in [-0.2, -0.15) is 0 Å². The Morgan fingerprint density at radius 1 is 1.56 bits per heavy atom. The largest absolute Gasteiger partial charge is 0.399 e. The predicted molar refractivity (Wildman–Crippen MR) is 71.0 cm³/mol. The Morgan fingerprint density at radius 3 is 2.94 bits per heavy atom. The molecular formula is C14H20N2O2. The van der Waals surface area contributed by atoms with Crippen LogP contribution in [0.3, 0.4) is 0 Å². The second-order valence-corrected chi connectivity index (χ2v) is 5.31. The van der Waals surface area contributed by atoms with Gasteiger partial charge in [-0.05, 0) is 37.5 Å². The van der Waals surface area contributed by atoms with Crippen LogP contribution < -0.4 is 5.73 Å². The second kappa shape index (κ2) is 4.98. The average Bonchev–Trinajstić information content (AvgIpc) is 2.67. The van der Waals surface area contributed by atoms with Crippen molar-refractivity contribution in [3.8, 4) is 0 Å². The monoisotopic (exact) mass is 248 g/mol. The molecule has 0 radical (unpaired) electrons. The van der Waals surface area contributed by atoms with Gasteiger partial charge >= 0.3 is 0 Å². The molecule has 1 aromatic carbocycles. The number of benzene rings is 1. The quantitative estimate of drug-likeness (QED) is 0.789. The number of aliphatic hydroxyl groups is 1. The van der Waals surface area contributed by atoms with E-state index in [1.165, 1.54) is 0 Å². The number of likely N-dealkylation sites (tertiary alicyclic amines) is 1. The first-order valence-corrected chi connectivity index (χ1v) is 6.31. The van der Waals surface area contributed by atoms with Crippen LogP contribution in [0.1, 0.15) is 25.3 Å². The van der Waals surface area contributed by atoms with Crippen LogP contribution in [-0.2, 0) is 11.2 Å². The molecule has 0 aliphatic carbocycles. The van der Waals surface area contributed by atoms with Crippen LogP contribution in [0.15, 0.2) is 24.3 Å². The summed E-state index contributed by atoms with van der Waals surface area (Å²) < 4.78 is 0. The van der Waals surface area contributed by atoms with Crippen LogP contribution in [0.2, 0.25) is 0 Å². The van der Waals surface area contributed by atoms with Gasteiger partial charge in [0.05, 0.1) is 5.60 Å². The molecule has 3 N–H and O–H groups in total. The Bertz CT molecular complexity index is 443. The zero-order valence-corrected chi connectivity index (χ0v) is 10.7. The fraction of sp³-hybridized carbons (Fsp3) is 0.500. The molecule has 1 saturated heterocycles. The number of aryl methyl sites for hydroxylation is 1. The van der Waals surface area contributed by atoms with E-state index in [1.54, 1.807) is 11.8 Å². The number of hydrogen-bond acceptors (Lipinski definition) is 3. The maximum Gasteiger partial charge on any atom is 0.223 e. The van der Waals surface area contributed by atoms with Gasteiger partial charge in [0.2, 0.25) is 5.91 Å². The van der Waals surface area contributed by atoms with E-state index in [-0.39, 0.29) is 5.91 Å². The first-order valence-electron chi connectivity index (χ1n) is 6.31. The molecular weight excluding hydrogens is 228 g/mol. The highest BCUT2D eigenvalue weighted by molar-refractivity contribution is 5.77. The van der Waals surface area contributed by atoms with Crippen LogP contribution in [0.4, 0.5) is 5.69 Å². The fourth-order valence-electron chi connectivity index (χ4n) is 2.32. The zero-order chi connectivity index (χ0) is 13.2. The van der Waals surface area contributed by atoms with E-state index in [4.69, 9.17) is 5.73 Å². The highest BCUT2D eigenvalue weighted by Gasteiger charge is 2.33. The second-order valence-electron chi connectivity index (χ2n) is 5.31. The highest BCUT2D eigenvalue weighted by atomic mass is 16.3. The number of amides is 1. The van der Waals surface area contributed by atoms with Crippen molar-refractivity contribution in [2.45, 2.75) is 31.8 Å². The lowest BCUT2D eigenvalue weighted by Crippen LogP contribution is -2.33. The number of rotatable bonds is 3. The van der Waals surface area contributed by atoms with E-state index in [0.29, 0.717) is 32.4 Å². The van der Waals surface area contributed by atoms with Crippen molar-refractivity contribution in [1.29, 1.82) is 0 Å². The van der Waals surface area contributed by atoms with Gasteiger partial charge in [-0.15, -0.1) is 0 Å². The van der Waals surface area contributed by atoms with Crippen molar-refractivity contribution in [3.63, 3.8) is 0 Å². The molecule has 4 heteroatoms. The van der Waals surface area contributed by atoms with Crippen LogP contribution in [0.25, 0.3) is 0 Å². The van der Waals surface area contributed by atoms with Crippen molar-refractivity contribution >= 4 is 11.6 Å². The number of nitrogen functional groups attached to an aromatic ring is 1. The Hall–Kier alpha value is -1.55. The Kier molecular flexibility index (Phi) is 3.57. The van der Waals surface area contributed by atoms with E-state index in [0.717, 1.165) is 11.3 Å². The lowest BCUT2D eigenvalue weighted by atomic mass is 10.1. The summed E-state index contributed by atoms with van der Waals surface area (Å²) in [5.41, 5.74) is 6.78. The molecule has 18 heavy (non-hydrogen) atoms. The lowest BCUT2D eigenvalue weighted by molar-refractivity contribution is -0.131. The van der Waals surface area contributed by atoms with E-state index in [1.807, 2.05) is 24.3 Å². The van der Waals surface area contributed by atoms with Gasteiger partial charge in [0.1, 0.15) is 0 Å². The molecule has 1 heterocycles. The molecule has 1 amide bonds. The molecule has 1 atom stereocenters. The van der Waals surface area contributed by atoms with Crippen LogP contribution in [0, 0.1) is 0 Å². The van der Waals surface area contributed by atoms with Crippen molar-refractivity contribution in [3.05, 3.63) is 29.8 Å². The van der Waals surface area contributed by atoms with Gasteiger partial charge in [0.25, 0.3) is 0 Å². The van der Waals surface area contributed by atoms with Crippen LogP contribution >= 0.6 is 0 Å². The minimum Gasteiger partial charge on any atom is -0.399 e. The summed E-state index contributed by atoms with van der Waals surface area (Å²) in [7, 11) is 0. The summed E-state index contributed by atoms with van der Waals surface area (Å²) in [5, 5.41) is 9.82. The number of carbonyl (C=O) groups is 1. The molecule has 0 bridgehead atoms. The van der Waals surface area contributed by atoms with E-state index in [9.17, 15) is 9.90 Å². The van der Waals surface area contributed by atoms with Crippen molar-refractivity contribution < 1.29 is 9.90 Å². The van der Waals surface area contributed by atoms with Gasteiger partial charge in [-0.1, -0.05) is 12.1 Å². The third-order valence-corrected chi connectivity index (χ3v) is 3.38. The van der Waals surface area contributed by atoms with Gasteiger partial charge in [-0.25, -0.2) is 0 Å². The smallest absolute Gasteiger partial charge is 0.223 e. The topological polar surface area (TPSA) is 66.6 Å². The van der Waals surface area contributed by atoms with E-state index >= 15 is 0 Å². The minimum atomic E-state index is -0.715. The lowest BCUT2D eigenvalue weighted by Gasteiger charge is -2.19. The molecule has 1 aromatic rings. The maximum atomic E-state index is 12.0. The highest BCUT2D eigenvalue weighted by Crippen LogP contribution is 2.21. The zero-order valence-electron chi connectivity index (χ0n) is 10.7. The number of nitrogens with two attached hydrogens (primary N) is 1. The van der Waals surface area contributed by atoms with E-state index < -0.39 is 5.60 Å². The summed E-state index contributed by atoms with van der Waals surface area (Å²) >= 11 is 0. The molecule has 98 valence electrons. The Balaban J connectivity index is 1.86. The SMILES string of the molecule is CC1(O)CCN(C(=O)CCc2cccc(N)c2)C1. The molecule has 4 nitrogen and oxygen atoms in total. The van der Waals surface area contributed by atoms with E-state index in [2.05, 4.69) is 0 Å². The maximum absolute atomic E-state index is 12.0. The molecule has 2 rings (SSSR count). The predicted octanol–water partition coefficient (Wildman–Crippen LogP) is 1.18. The number of anilines is 1. The number of nitrogens with zero attached hydrogens (tertiary/aromatic N) is 1. The molecule has 0 saturated carbocycles. The average molecular weight is 248 g/mol. The van der Waals surface area contributed by atoms with Crippen molar-refractivity contribution in [1.82, 2.24) is 4.90 Å². The number of β-amino-alcohol motifs (C(OH)–C–C–N with tert-alkyl or cyclic N) is 1. The van der Waals surface area contributed by atoms with Gasteiger partial charge in [0, 0.05) is 25.2 Å². The summed E-state index contributed by atoms with van der Waals surface area (Å²) in [6, 6.07) is 7.61. The first-order chi connectivity index (χ1) is 8.46. The van der Waals surface area contributed by atoms with Crippen LogP contribution in [-0.4, -0.2) is 34.6 Å². The molecule has 0 aromatic heterocycles. The van der Waals surface area contributed by atoms with Crippen LogP contribution in [0.5, 0.6) is 0 Å².